The van der Waals surface area contributed by atoms with Crippen molar-refractivity contribution >= 4 is 11.9 Å². The van der Waals surface area contributed by atoms with Crippen LogP contribution in [0.5, 0.6) is 0 Å². The van der Waals surface area contributed by atoms with Gasteiger partial charge in [-0.25, -0.2) is 0 Å². The highest BCUT2D eigenvalue weighted by atomic mass is 16.1. The lowest BCUT2D eigenvalue weighted by Crippen LogP contribution is -2.40. The molecule has 1 aromatic rings. The molecule has 1 aliphatic heterocycles. The Labute approximate surface area is 150 Å². The predicted octanol–water partition coefficient (Wildman–Crippen LogP) is 1.02. The van der Waals surface area contributed by atoms with Crippen molar-refractivity contribution in [2.45, 2.75) is 33.6 Å². The van der Waals surface area contributed by atoms with Crippen LogP contribution in [0.3, 0.4) is 0 Å². The van der Waals surface area contributed by atoms with Crippen molar-refractivity contribution in [1.82, 2.24) is 25.3 Å². The Morgan fingerprint density at radius 1 is 1.44 bits per heavy atom. The van der Waals surface area contributed by atoms with Gasteiger partial charge in [-0.3, -0.25) is 14.5 Å². The molecule has 2 heterocycles. The second-order valence-corrected chi connectivity index (χ2v) is 7.01. The third kappa shape index (κ3) is 6.07. The van der Waals surface area contributed by atoms with Crippen LogP contribution in [0.25, 0.3) is 0 Å². The number of likely N-dealkylation sites (tertiary alicyclic amines) is 1. The summed E-state index contributed by atoms with van der Waals surface area (Å²) in [6, 6.07) is 0. The van der Waals surface area contributed by atoms with Gasteiger partial charge in [-0.05, 0) is 31.2 Å². The van der Waals surface area contributed by atoms with Crippen molar-refractivity contribution in [3.63, 3.8) is 0 Å². The third-order valence-electron chi connectivity index (χ3n) is 4.40. The molecule has 1 amide bonds. The van der Waals surface area contributed by atoms with E-state index in [2.05, 4.69) is 38.7 Å². The van der Waals surface area contributed by atoms with E-state index in [4.69, 9.17) is 0 Å². The molecule has 0 radical (unpaired) electrons. The molecule has 0 bridgehead atoms. The summed E-state index contributed by atoms with van der Waals surface area (Å²) in [5, 5.41) is 10.5. The van der Waals surface area contributed by atoms with Crippen LogP contribution in [-0.4, -0.2) is 59.3 Å². The quantitative estimate of drug-likeness (QED) is 0.438. The molecule has 1 atom stereocenters. The number of guanidine groups is 1. The summed E-state index contributed by atoms with van der Waals surface area (Å²) in [4.78, 5) is 18.6. The molecule has 7 nitrogen and oxygen atoms in total. The van der Waals surface area contributed by atoms with E-state index in [-0.39, 0.29) is 11.8 Å². The van der Waals surface area contributed by atoms with Gasteiger partial charge in [0.2, 0.25) is 5.91 Å². The third-order valence-corrected chi connectivity index (χ3v) is 4.40. The van der Waals surface area contributed by atoms with Crippen LogP contribution in [-0.2, 0) is 18.3 Å². The van der Waals surface area contributed by atoms with Gasteiger partial charge in [0.15, 0.2) is 5.96 Å². The number of rotatable bonds is 7. The summed E-state index contributed by atoms with van der Waals surface area (Å²) in [5.74, 6) is 1.69. The normalized spacial score (nSPS) is 18.0. The SMILES string of the molecule is CCNC(=NCCNC(=O)C(C)C)N1CCC(Cc2cnn(C)c2)C1. The fourth-order valence-corrected chi connectivity index (χ4v) is 3.07. The Morgan fingerprint density at radius 3 is 2.88 bits per heavy atom. The molecule has 7 heteroatoms. The predicted molar refractivity (Wildman–Crippen MR) is 100 cm³/mol. The van der Waals surface area contributed by atoms with E-state index >= 15 is 0 Å². The van der Waals surface area contributed by atoms with Gasteiger partial charge in [-0.15, -0.1) is 0 Å². The molecule has 25 heavy (non-hydrogen) atoms. The molecule has 0 aromatic carbocycles. The molecule has 1 unspecified atom stereocenters. The number of hydrogen-bond acceptors (Lipinski definition) is 3. The zero-order chi connectivity index (χ0) is 18.2. The molecule has 0 saturated carbocycles. The number of aliphatic imine (C=N–C) groups is 1. The average molecular weight is 348 g/mol. The summed E-state index contributed by atoms with van der Waals surface area (Å²) in [5.41, 5.74) is 1.30. The number of carbonyl (C=O) groups is 1. The van der Waals surface area contributed by atoms with Gasteiger partial charge in [-0.1, -0.05) is 13.8 Å². The fourth-order valence-electron chi connectivity index (χ4n) is 3.07. The van der Waals surface area contributed by atoms with Crippen molar-refractivity contribution in [3.8, 4) is 0 Å². The van der Waals surface area contributed by atoms with E-state index in [1.807, 2.05) is 31.8 Å². The topological polar surface area (TPSA) is 74.6 Å². The zero-order valence-electron chi connectivity index (χ0n) is 16.0. The highest BCUT2D eigenvalue weighted by Gasteiger charge is 2.25. The van der Waals surface area contributed by atoms with E-state index in [1.54, 1.807) is 0 Å². The molecule has 140 valence electrons. The Bertz CT molecular complexity index is 580. The maximum absolute atomic E-state index is 11.6. The Kier molecular flexibility index (Phi) is 7.28. The summed E-state index contributed by atoms with van der Waals surface area (Å²) < 4.78 is 1.86. The lowest BCUT2D eigenvalue weighted by Gasteiger charge is -2.21. The van der Waals surface area contributed by atoms with Gasteiger partial charge in [0.1, 0.15) is 0 Å². The van der Waals surface area contributed by atoms with Crippen LogP contribution in [0.15, 0.2) is 17.4 Å². The summed E-state index contributed by atoms with van der Waals surface area (Å²) in [6.07, 6.45) is 6.29. The second-order valence-electron chi connectivity index (χ2n) is 7.01. The van der Waals surface area contributed by atoms with Crippen molar-refractivity contribution in [3.05, 3.63) is 18.0 Å². The van der Waals surface area contributed by atoms with E-state index < -0.39 is 0 Å². The monoisotopic (exact) mass is 348 g/mol. The molecule has 2 N–H and O–H groups in total. The van der Waals surface area contributed by atoms with E-state index in [9.17, 15) is 4.79 Å². The number of aromatic nitrogens is 2. The lowest BCUT2D eigenvalue weighted by atomic mass is 10.0. The minimum atomic E-state index is 0.0176. The number of carbonyl (C=O) groups excluding carboxylic acids is 1. The van der Waals surface area contributed by atoms with Gasteiger partial charge in [0, 0.05) is 45.3 Å². The standard InChI is InChI=1S/C18H32N6O/c1-5-19-18(21-8-7-20-17(25)14(2)3)24-9-6-15(13-24)10-16-11-22-23(4)12-16/h11-12,14-15H,5-10,13H2,1-4H3,(H,19,21)(H,20,25). The van der Waals surface area contributed by atoms with Gasteiger partial charge in [-0.2, -0.15) is 5.10 Å². The van der Waals surface area contributed by atoms with Crippen LogP contribution >= 0.6 is 0 Å². The maximum atomic E-state index is 11.6. The molecule has 1 saturated heterocycles. The average Bonchev–Trinajstić information content (AvgIpc) is 3.19. The van der Waals surface area contributed by atoms with Crippen LogP contribution in [0.1, 0.15) is 32.8 Å². The van der Waals surface area contributed by atoms with Crippen LogP contribution in [0.2, 0.25) is 0 Å². The van der Waals surface area contributed by atoms with E-state index in [0.29, 0.717) is 19.0 Å². The fraction of sp³-hybridized carbons (Fsp3) is 0.722. The minimum absolute atomic E-state index is 0.0176. The van der Waals surface area contributed by atoms with E-state index in [0.717, 1.165) is 32.0 Å². The van der Waals surface area contributed by atoms with Crippen molar-refractivity contribution in [2.75, 3.05) is 32.7 Å². The number of aryl methyl sites for hydroxylation is 1. The molecule has 0 spiro atoms. The summed E-state index contributed by atoms with van der Waals surface area (Å²) >= 11 is 0. The zero-order valence-corrected chi connectivity index (χ0v) is 16.0. The minimum Gasteiger partial charge on any atom is -0.357 e. The first-order valence-electron chi connectivity index (χ1n) is 9.28. The van der Waals surface area contributed by atoms with E-state index in [1.165, 1.54) is 12.0 Å². The molecular formula is C18H32N6O. The molecule has 1 aromatic heterocycles. The highest BCUT2D eigenvalue weighted by molar-refractivity contribution is 5.80. The molecule has 2 rings (SSSR count). The largest absolute Gasteiger partial charge is 0.357 e. The summed E-state index contributed by atoms with van der Waals surface area (Å²) in [6.45, 7) is 9.95. The number of nitrogens with one attached hydrogen (secondary N) is 2. The Hall–Kier alpha value is -2.05. The van der Waals surface area contributed by atoms with Crippen molar-refractivity contribution in [2.24, 2.45) is 23.9 Å². The molecular weight excluding hydrogens is 316 g/mol. The first-order chi connectivity index (χ1) is 12.0. The molecule has 1 fully saturated rings. The number of hydrogen-bond donors (Lipinski definition) is 2. The first-order valence-corrected chi connectivity index (χ1v) is 9.28. The number of nitrogens with zero attached hydrogens (tertiary/aromatic N) is 4. The van der Waals surface area contributed by atoms with Crippen molar-refractivity contribution < 1.29 is 4.79 Å². The van der Waals surface area contributed by atoms with Gasteiger partial charge >= 0.3 is 0 Å². The van der Waals surface area contributed by atoms with Gasteiger partial charge in [0.25, 0.3) is 0 Å². The maximum Gasteiger partial charge on any atom is 0.222 e. The Balaban J connectivity index is 1.83. The second kappa shape index (κ2) is 9.44. The molecule has 1 aliphatic rings. The van der Waals surface area contributed by atoms with Crippen LogP contribution < -0.4 is 10.6 Å². The lowest BCUT2D eigenvalue weighted by molar-refractivity contribution is -0.123. The summed E-state index contributed by atoms with van der Waals surface area (Å²) in [7, 11) is 1.96. The van der Waals surface area contributed by atoms with Crippen LogP contribution in [0, 0.1) is 11.8 Å². The number of amides is 1. The molecule has 0 aliphatic carbocycles. The smallest absolute Gasteiger partial charge is 0.222 e. The van der Waals surface area contributed by atoms with Gasteiger partial charge in [0.05, 0.1) is 12.7 Å². The first kappa shape index (κ1) is 19.3. The van der Waals surface area contributed by atoms with Crippen LogP contribution in [0.4, 0.5) is 0 Å². The van der Waals surface area contributed by atoms with Gasteiger partial charge < -0.3 is 15.5 Å². The highest BCUT2D eigenvalue weighted by Crippen LogP contribution is 2.20. The van der Waals surface area contributed by atoms with Crippen molar-refractivity contribution in [1.29, 1.82) is 0 Å². The Morgan fingerprint density at radius 2 is 2.24 bits per heavy atom.